The van der Waals surface area contributed by atoms with E-state index in [0.29, 0.717) is 6.42 Å². The van der Waals surface area contributed by atoms with Crippen LogP contribution < -0.4 is 5.32 Å². The molecule has 8 nitrogen and oxygen atoms in total. The molecule has 0 aliphatic heterocycles. The normalized spacial score (nSPS) is 19.8. The second-order valence-electron chi connectivity index (χ2n) is 6.84. The number of hydrogen-bond donors (Lipinski definition) is 3. The molecule has 1 amide bonds. The van der Waals surface area contributed by atoms with E-state index >= 15 is 0 Å². The Morgan fingerprint density at radius 3 is 2.46 bits per heavy atom. The first kappa shape index (κ1) is 22.9. The highest BCUT2D eigenvalue weighted by Gasteiger charge is 2.26. The summed E-state index contributed by atoms with van der Waals surface area (Å²) in [6.07, 6.45) is 2.90. The summed E-state index contributed by atoms with van der Waals surface area (Å²) >= 11 is 0. The number of ether oxygens (including phenoxy) is 2. The number of hydrogen-bond acceptors (Lipinski definition) is 6. The number of carbonyl (C=O) groups is 2. The van der Waals surface area contributed by atoms with Gasteiger partial charge in [0.05, 0.1) is 5.92 Å². The van der Waals surface area contributed by atoms with Crippen LogP contribution in [-0.2, 0) is 18.8 Å². The number of carbonyl (C=O) groups excluding carboxylic acids is 2. The zero-order valence-electron chi connectivity index (χ0n) is 15.7. The standard InChI is InChI=1S/C17H32NO7P/c1-3-4-11-26(22,23)12-10-15(19)18-17(21)25-13(2)24-16(20)14-8-6-5-7-9-14/h13-15,19H,3-12H2,1-2H3,(H,18,21)(H,22,23). The zero-order chi connectivity index (χ0) is 19.6. The highest BCUT2D eigenvalue weighted by atomic mass is 31.2. The average molecular weight is 393 g/mol. The quantitative estimate of drug-likeness (QED) is 0.296. The summed E-state index contributed by atoms with van der Waals surface area (Å²) in [5.41, 5.74) is 0. The van der Waals surface area contributed by atoms with E-state index in [9.17, 15) is 24.2 Å². The molecule has 1 aliphatic carbocycles. The smallest absolute Gasteiger partial charge is 0.412 e. The van der Waals surface area contributed by atoms with Crippen LogP contribution in [0, 0.1) is 5.92 Å². The lowest BCUT2D eigenvalue weighted by molar-refractivity contribution is -0.171. The van der Waals surface area contributed by atoms with Gasteiger partial charge in [0.1, 0.15) is 6.23 Å². The largest absolute Gasteiger partial charge is 0.425 e. The molecule has 26 heavy (non-hydrogen) atoms. The number of rotatable bonds is 10. The average Bonchev–Trinajstić information content (AvgIpc) is 2.59. The van der Waals surface area contributed by atoms with Crippen LogP contribution in [0.2, 0.25) is 0 Å². The lowest BCUT2D eigenvalue weighted by Gasteiger charge is -2.22. The minimum Gasteiger partial charge on any atom is -0.425 e. The van der Waals surface area contributed by atoms with Crippen LogP contribution in [-0.4, -0.2) is 46.9 Å². The van der Waals surface area contributed by atoms with Crippen molar-refractivity contribution in [3.05, 3.63) is 0 Å². The molecule has 3 N–H and O–H groups in total. The number of nitrogens with one attached hydrogen (secondary N) is 1. The van der Waals surface area contributed by atoms with E-state index in [1.54, 1.807) is 0 Å². The van der Waals surface area contributed by atoms with Gasteiger partial charge in [-0.25, -0.2) is 4.79 Å². The molecule has 3 atom stereocenters. The minimum atomic E-state index is -3.29. The zero-order valence-corrected chi connectivity index (χ0v) is 16.6. The summed E-state index contributed by atoms with van der Waals surface area (Å²) < 4.78 is 21.9. The van der Waals surface area contributed by atoms with Gasteiger partial charge in [0.15, 0.2) is 0 Å². The summed E-state index contributed by atoms with van der Waals surface area (Å²) in [6.45, 7) is 3.36. The summed E-state index contributed by atoms with van der Waals surface area (Å²) in [5.74, 6) is -0.520. The van der Waals surface area contributed by atoms with E-state index in [-0.39, 0.29) is 30.6 Å². The highest BCUT2D eigenvalue weighted by Crippen LogP contribution is 2.42. The predicted octanol–water partition coefficient (Wildman–Crippen LogP) is 2.96. The fraction of sp³-hybridized carbons (Fsp3) is 0.882. The Morgan fingerprint density at radius 1 is 1.19 bits per heavy atom. The minimum absolute atomic E-state index is 0.0527. The van der Waals surface area contributed by atoms with Crippen molar-refractivity contribution in [1.29, 1.82) is 0 Å². The van der Waals surface area contributed by atoms with Gasteiger partial charge in [-0.2, -0.15) is 0 Å². The molecule has 0 heterocycles. The van der Waals surface area contributed by atoms with Crippen LogP contribution in [0.5, 0.6) is 0 Å². The first-order valence-corrected chi connectivity index (χ1v) is 11.4. The summed E-state index contributed by atoms with van der Waals surface area (Å²) in [6, 6.07) is 0. The monoisotopic (exact) mass is 393 g/mol. The Morgan fingerprint density at radius 2 is 1.85 bits per heavy atom. The topological polar surface area (TPSA) is 122 Å². The maximum Gasteiger partial charge on any atom is 0.412 e. The van der Waals surface area contributed by atoms with Crippen LogP contribution in [0.4, 0.5) is 4.79 Å². The van der Waals surface area contributed by atoms with E-state index in [1.165, 1.54) is 6.92 Å². The maximum atomic E-state index is 12.0. The summed E-state index contributed by atoms with van der Waals surface area (Å²) in [7, 11) is -3.29. The SMILES string of the molecule is CCCCP(=O)(O)CCC(O)NC(=O)OC(C)OC(=O)C1CCCCC1. The Bertz CT molecular complexity index is 494. The van der Waals surface area contributed by atoms with Crippen molar-refractivity contribution in [2.24, 2.45) is 5.92 Å². The molecule has 9 heteroatoms. The Hall–Kier alpha value is -1.11. The molecule has 0 bridgehead atoms. The lowest BCUT2D eigenvalue weighted by Crippen LogP contribution is -2.38. The third kappa shape index (κ3) is 9.55. The second-order valence-corrected chi connectivity index (χ2v) is 9.43. The molecule has 0 radical (unpaired) electrons. The van der Waals surface area contributed by atoms with Crippen molar-refractivity contribution in [3.8, 4) is 0 Å². The lowest BCUT2D eigenvalue weighted by atomic mass is 9.89. The number of esters is 1. The molecule has 0 aromatic carbocycles. The van der Waals surface area contributed by atoms with Gasteiger partial charge in [0, 0.05) is 25.7 Å². The third-order valence-electron chi connectivity index (χ3n) is 4.39. The molecule has 1 fully saturated rings. The first-order valence-electron chi connectivity index (χ1n) is 9.40. The Labute approximate surface area is 155 Å². The molecule has 152 valence electrons. The third-order valence-corrected chi connectivity index (χ3v) is 6.36. The van der Waals surface area contributed by atoms with Crippen LogP contribution >= 0.6 is 7.37 Å². The van der Waals surface area contributed by atoms with Gasteiger partial charge >= 0.3 is 12.1 Å². The van der Waals surface area contributed by atoms with Crippen molar-refractivity contribution < 1.29 is 33.6 Å². The molecule has 0 aromatic rings. The molecule has 0 aromatic heterocycles. The molecule has 0 spiro atoms. The van der Waals surface area contributed by atoms with E-state index < -0.39 is 26.0 Å². The van der Waals surface area contributed by atoms with Crippen LogP contribution in [0.25, 0.3) is 0 Å². The molecular weight excluding hydrogens is 361 g/mol. The fourth-order valence-corrected chi connectivity index (χ4v) is 4.54. The summed E-state index contributed by atoms with van der Waals surface area (Å²) in [4.78, 5) is 33.4. The van der Waals surface area contributed by atoms with E-state index in [0.717, 1.165) is 38.5 Å². The van der Waals surface area contributed by atoms with Gasteiger partial charge in [-0.1, -0.05) is 32.6 Å². The Balaban J connectivity index is 2.26. The van der Waals surface area contributed by atoms with E-state index in [2.05, 4.69) is 5.32 Å². The van der Waals surface area contributed by atoms with Crippen molar-refractivity contribution in [2.45, 2.75) is 77.7 Å². The van der Waals surface area contributed by atoms with Crippen molar-refractivity contribution >= 4 is 19.4 Å². The molecule has 1 aliphatic rings. The number of amides is 1. The van der Waals surface area contributed by atoms with Crippen molar-refractivity contribution in [2.75, 3.05) is 12.3 Å². The van der Waals surface area contributed by atoms with Gasteiger partial charge in [0.2, 0.25) is 13.7 Å². The molecule has 3 unspecified atom stereocenters. The fourth-order valence-electron chi connectivity index (χ4n) is 2.86. The first-order chi connectivity index (χ1) is 12.2. The number of unbranched alkanes of at least 4 members (excludes halogenated alkanes) is 1. The van der Waals surface area contributed by atoms with Gasteiger partial charge < -0.3 is 19.5 Å². The van der Waals surface area contributed by atoms with Crippen LogP contribution in [0.15, 0.2) is 0 Å². The molecule has 1 rings (SSSR count). The number of aliphatic hydroxyl groups excluding tert-OH is 1. The number of alkyl carbamates (subject to hydrolysis) is 1. The van der Waals surface area contributed by atoms with Gasteiger partial charge in [-0.05, 0) is 19.3 Å². The van der Waals surface area contributed by atoms with Crippen molar-refractivity contribution in [1.82, 2.24) is 5.32 Å². The van der Waals surface area contributed by atoms with Crippen molar-refractivity contribution in [3.63, 3.8) is 0 Å². The van der Waals surface area contributed by atoms with E-state index in [4.69, 9.17) is 9.47 Å². The Kier molecular flexibility index (Phi) is 10.2. The van der Waals surface area contributed by atoms with Crippen LogP contribution in [0.3, 0.4) is 0 Å². The maximum absolute atomic E-state index is 12.0. The van der Waals surface area contributed by atoms with Gasteiger partial charge in [-0.15, -0.1) is 0 Å². The highest BCUT2D eigenvalue weighted by molar-refractivity contribution is 7.57. The molecule has 0 saturated heterocycles. The molecule has 1 saturated carbocycles. The molecular formula is C17H32NO7P. The van der Waals surface area contributed by atoms with Gasteiger partial charge in [0.25, 0.3) is 0 Å². The van der Waals surface area contributed by atoms with Crippen LogP contribution in [0.1, 0.15) is 65.2 Å². The van der Waals surface area contributed by atoms with E-state index in [1.807, 2.05) is 6.92 Å². The summed E-state index contributed by atoms with van der Waals surface area (Å²) in [5, 5.41) is 11.9. The second kappa shape index (κ2) is 11.6. The number of aliphatic hydroxyl groups is 1. The van der Waals surface area contributed by atoms with Gasteiger partial charge in [-0.3, -0.25) is 14.7 Å². The predicted molar refractivity (Wildman–Crippen MR) is 96.8 cm³/mol.